The predicted octanol–water partition coefficient (Wildman–Crippen LogP) is 2.01. The van der Waals surface area contributed by atoms with Crippen LogP contribution in [0.25, 0.3) is 0 Å². The number of rotatable bonds is 3. The van der Waals surface area contributed by atoms with Crippen molar-refractivity contribution in [2.75, 3.05) is 7.05 Å². The fraction of sp³-hybridized carbons (Fsp3) is 0.667. The monoisotopic (exact) mass is 209 g/mol. The molecule has 0 saturated heterocycles. The molecular formula is C12H19NO2. The Kier molecular flexibility index (Phi) is 3.44. The molecule has 1 saturated carbocycles. The lowest BCUT2D eigenvalue weighted by Crippen LogP contribution is -2.35. The van der Waals surface area contributed by atoms with E-state index in [0.29, 0.717) is 6.04 Å². The van der Waals surface area contributed by atoms with E-state index in [-0.39, 0.29) is 6.10 Å². The molecule has 1 aliphatic carbocycles. The van der Waals surface area contributed by atoms with Crippen LogP contribution in [0.4, 0.5) is 0 Å². The van der Waals surface area contributed by atoms with Gasteiger partial charge in [0.2, 0.25) is 0 Å². The molecule has 0 aromatic carbocycles. The molecule has 2 rings (SSSR count). The quantitative estimate of drug-likeness (QED) is 0.827. The summed E-state index contributed by atoms with van der Waals surface area (Å²) in [5.41, 5.74) is 1.23. The van der Waals surface area contributed by atoms with Gasteiger partial charge in [0.15, 0.2) is 0 Å². The summed E-state index contributed by atoms with van der Waals surface area (Å²) in [6, 6.07) is 2.62. The third-order valence-electron chi connectivity index (χ3n) is 3.30. The van der Waals surface area contributed by atoms with Gasteiger partial charge in [-0.15, -0.1) is 0 Å². The van der Waals surface area contributed by atoms with E-state index >= 15 is 0 Å². The Balaban J connectivity index is 1.83. The Hall–Kier alpha value is -0.800. The van der Waals surface area contributed by atoms with Crippen LogP contribution in [0, 0.1) is 0 Å². The molecule has 3 heteroatoms. The Morgan fingerprint density at radius 1 is 1.40 bits per heavy atom. The SMILES string of the molecule is CN(Cc1ccoc1)C1CCC(O)CC1. The lowest BCUT2D eigenvalue weighted by Gasteiger charge is -2.32. The van der Waals surface area contributed by atoms with Crippen molar-refractivity contribution in [2.45, 2.75) is 44.4 Å². The molecule has 0 aliphatic heterocycles. The second kappa shape index (κ2) is 4.81. The number of hydrogen-bond donors (Lipinski definition) is 1. The minimum atomic E-state index is -0.0661. The fourth-order valence-electron chi connectivity index (χ4n) is 2.30. The molecule has 1 aromatic heterocycles. The molecular weight excluding hydrogens is 190 g/mol. The largest absolute Gasteiger partial charge is 0.472 e. The Morgan fingerprint density at radius 2 is 2.13 bits per heavy atom. The summed E-state index contributed by atoms with van der Waals surface area (Å²) >= 11 is 0. The highest BCUT2D eigenvalue weighted by atomic mass is 16.3. The van der Waals surface area contributed by atoms with Crippen LogP contribution < -0.4 is 0 Å². The van der Waals surface area contributed by atoms with Gasteiger partial charge < -0.3 is 9.52 Å². The normalized spacial score (nSPS) is 27.1. The van der Waals surface area contributed by atoms with E-state index < -0.39 is 0 Å². The Morgan fingerprint density at radius 3 is 2.73 bits per heavy atom. The summed E-state index contributed by atoms with van der Waals surface area (Å²) in [4.78, 5) is 2.36. The first kappa shape index (κ1) is 10.7. The lowest BCUT2D eigenvalue weighted by molar-refractivity contribution is 0.0817. The third kappa shape index (κ3) is 2.83. The van der Waals surface area contributed by atoms with Crippen molar-refractivity contribution in [3.05, 3.63) is 24.2 Å². The fourth-order valence-corrected chi connectivity index (χ4v) is 2.30. The average molecular weight is 209 g/mol. The van der Waals surface area contributed by atoms with Gasteiger partial charge in [-0.25, -0.2) is 0 Å². The Bertz CT molecular complexity index is 276. The van der Waals surface area contributed by atoms with Crippen LogP contribution in [0.15, 0.2) is 23.0 Å². The van der Waals surface area contributed by atoms with Gasteiger partial charge in [-0.1, -0.05) is 0 Å². The molecule has 1 fully saturated rings. The van der Waals surface area contributed by atoms with Crippen molar-refractivity contribution in [2.24, 2.45) is 0 Å². The zero-order valence-corrected chi connectivity index (χ0v) is 9.22. The molecule has 0 radical (unpaired) electrons. The Labute approximate surface area is 90.7 Å². The third-order valence-corrected chi connectivity index (χ3v) is 3.30. The van der Waals surface area contributed by atoms with Crippen LogP contribution in [0.3, 0.4) is 0 Å². The van der Waals surface area contributed by atoms with Crippen molar-refractivity contribution in [3.8, 4) is 0 Å². The summed E-state index contributed by atoms with van der Waals surface area (Å²) in [5, 5.41) is 9.43. The summed E-state index contributed by atoms with van der Waals surface area (Å²) in [6.45, 7) is 0.942. The first-order chi connectivity index (χ1) is 7.25. The topological polar surface area (TPSA) is 36.6 Å². The van der Waals surface area contributed by atoms with E-state index in [2.05, 4.69) is 11.9 Å². The van der Waals surface area contributed by atoms with Crippen LogP contribution in [-0.4, -0.2) is 29.2 Å². The molecule has 0 spiro atoms. The highest BCUT2D eigenvalue weighted by molar-refractivity contribution is 5.05. The van der Waals surface area contributed by atoms with Crippen LogP contribution >= 0.6 is 0 Å². The molecule has 3 nitrogen and oxygen atoms in total. The zero-order valence-electron chi connectivity index (χ0n) is 9.22. The molecule has 0 amide bonds. The summed E-state index contributed by atoms with van der Waals surface area (Å²) in [6.07, 6.45) is 7.55. The van der Waals surface area contributed by atoms with Gasteiger partial charge in [-0.05, 0) is 38.8 Å². The molecule has 15 heavy (non-hydrogen) atoms. The second-order valence-corrected chi connectivity index (χ2v) is 4.51. The van der Waals surface area contributed by atoms with E-state index in [0.717, 1.165) is 32.2 Å². The number of furan rings is 1. The minimum absolute atomic E-state index is 0.0661. The highest BCUT2D eigenvalue weighted by Crippen LogP contribution is 2.23. The van der Waals surface area contributed by atoms with E-state index in [4.69, 9.17) is 4.42 Å². The first-order valence-corrected chi connectivity index (χ1v) is 5.65. The minimum Gasteiger partial charge on any atom is -0.472 e. The van der Waals surface area contributed by atoms with Crippen molar-refractivity contribution in [1.82, 2.24) is 4.90 Å². The van der Waals surface area contributed by atoms with Crippen molar-refractivity contribution < 1.29 is 9.52 Å². The molecule has 0 bridgehead atoms. The smallest absolute Gasteiger partial charge is 0.0947 e. The number of nitrogens with zero attached hydrogens (tertiary/aromatic N) is 1. The van der Waals surface area contributed by atoms with E-state index in [1.54, 1.807) is 12.5 Å². The van der Waals surface area contributed by atoms with E-state index in [1.165, 1.54) is 5.56 Å². The first-order valence-electron chi connectivity index (χ1n) is 5.65. The average Bonchev–Trinajstić information content (AvgIpc) is 2.71. The van der Waals surface area contributed by atoms with Gasteiger partial charge in [-0.3, -0.25) is 4.90 Å². The highest BCUT2D eigenvalue weighted by Gasteiger charge is 2.22. The molecule has 0 unspecified atom stereocenters. The second-order valence-electron chi connectivity index (χ2n) is 4.51. The van der Waals surface area contributed by atoms with Gasteiger partial charge in [0, 0.05) is 18.2 Å². The van der Waals surface area contributed by atoms with Gasteiger partial charge in [-0.2, -0.15) is 0 Å². The summed E-state index contributed by atoms with van der Waals surface area (Å²) in [5.74, 6) is 0. The van der Waals surface area contributed by atoms with Crippen molar-refractivity contribution in [3.63, 3.8) is 0 Å². The zero-order chi connectivity index (χ0) is 10.7. The maximum Gasteiger partial charge on any atom is 0.0947 e. The van der Waals surface area contributed by atoms with Crippen LogP contribution in [-0.2, 0) is 6.54 Å². The molecule has 0 atom stereocenters. The van der Waals surface area contributed by atoms with Crippen molar-refractivity contribution >= 4 is 0 Å². The summed E-state index contributed by atoms with van der Waals surface area (Å²) in [7, 11) is 2.15. The number of hydrogen-bond acceptors (Lipinski definition) is 3. The van der Waals surface area contributed by atoms with Gasteiger partial charge in [0.05, 0.1) is 18.6 Å². The standard InChI is InChI=1S/C12H19NO2/c1-13(8-10-6-7-15-9-10)11-2-4-12(14)5-3-11/h6-7,9,11-12,14H,2-5,8H2,1H3. The summed E-state index contributed by atoms with van der Waals surface area (Å²) < 4.78 is 5.05. The maximum absolute atomic E-state index is 9.43. The van der Waals surface area contributed by atoms with Crippen LogP contribution in [0.1, 0.15) is 31.2 Å². The van der Waals surface area contributed by atoms with Crippen LogP contribution in [0.5, 0.6) is 0 Å². The molecule has 1 aromatic rings. The number of aliphatic hydroxyl groups excluding tert-OH is 1. The molecule has 1 aliphatic rings. The lowest BCUT2D eigenvalue weighted by atomic mass is 9.92. The van der Waals surface area contributed by atoms with E-state index in [9.17, 15) is 5.11 Å². The van der Waals surface area contributed by atoms with Crippen LogP contribution in [0.2, 0.25) is 0 Å². The number of aliphatic hydroxyl groups is 1. The maximum atomic E-state index is 9.43. The van der Waals surface area contributed by atoms with E-state index in [1.807, 2.05) is 6.07 Å². The van der Waals surface area contributed by atoms with Crippen molar-refractivity contribution in [1.29, 1.82) is 0 Å². The van der Waals surface area contributed by atoms with Gasteiger partial charge in [0.25, 0.3) is 0 Å². The molecule has 84 valence electrons. The molecule has 1 heterocycles. The molecule has 1 N–H and O–H groups in total. The van der Waals surface area contributed by atoms with Gasteiger partial charge >= 0.3 is 0 Å². The predicted molar refractivity (Wildman–Crippen MR) is 58.4 cm³/mol. The van der Waals surface area contributed by atoms with Gasteiger partial charge in [0.1, 0.15) is 0 Å².